The average Bonchev–Trinajstić information content (AvgIpc) is 2.60. The molecule has 2 aliphatic rings. The number of rotatable bonds is 6. The summed E-state index contributed by atoms with van der Waals surface area (Å²) in [5, 5.41) is 67.7. The van der Waals surface area contributed by atoms with Crippen LogP contribution in [0.25, 0.3) is 0 Å². The van der Waals surface area contributed by atoms with Crippen LogP contribution in [0.2, 0.25) is 0 Å². The molecule has 0 spiro atoms. The number of aliphatic hydroxyl groups is 7. The smallest absolute Gasteiger partial charge is 1.00 e. The number of phosphoric acid groups is 1. The van der Waals surface area contributed by atoms with E-state index in [1.54, 1.807) is 0 Å². The zero-order chi connectivity index (χ0) is 20.5. The van der Waals surface area contributed by atoms with Gasteiger partial charge >= 0.3 is 37.4 Å². The van der Waals surface area contributed by atoms with E-state index in [2.05, 4.69) is 4.52 Å². The van der Waals surface area contributed by atoms with Crippen molar-refractivity contribution in [3.05, 3.63) is 0 Å². The first kappa shape index (κ1) is 26.7. The molecular weight excluding hydrogens is 422 g/mol. The molecule has 0 amide bonds. The summed E-state index contributed by atoms with van der Waals surface area (Å²) in [6.07, 6.45) is -17.6. The van der Waals surface area contributed by atoms with Crippen molar-refractivity contribution in [2.24, 2.45) is 0 Å². The molecule has 0 saturated carbocycles. The van der Waals surface area contributed by atoms with Crippen molar-refractivity contribution < 1.29 is 99.8 Å². The summed E-state index contributed by atoms with van der Waals surface area (Å²) in [5.41, 5.74) is 0. The Hall–Kier alpha value is 0.710. The molecule has 2 heterocycles. The molecule has 0 aromatic carbocycles. The summed E-state index contributed by atoms with van der Waals surface area (Å²) in [5.74, 6) is 0. The predicted octanol–water partition coefficient (Wildman–Crippen LogP) is -8.16. The Kier molecular flexibility index (Phi) is 10.4. The molecule has 0 bridgehead atoms. The Morgan fingerprint density at radius 3 is 1.86 bits per heavy atom. The molecule has 2 fully saturated rings. The van der Waals surface area contributed by atoms with E-state index >= 15 is 0 Å². The van der Waals surface area contributed by atoms with E-state index in [1.807, 2.05) is 0 Å². The van der Waals surface area contributed by atoms with E-state index in [4.69, 9.17) is 24.0 Å². The van der Waals surface area contributed by atoms with Crippen LogP contribution >= 0.6 is 7.82 Å². The molecule has 2 aliphatic heterocycles. The molecule has 0 aromatic rings. The van der Waals surface area contributed by atoms with Gasteiger partial charge in [-0.3, -0.25) is 4.52 Å². The summed E-state index contributed by atoms with van der Waals surface area (Å²) < 4.78 is 30.8. The summed E-state index contributed by atoms with van der Waals surface area (Å²) >= 11 is 0. The Labute approximate surface area is 182 Å². The second-order valence-corrected chi connectivity index (χ2v) is 7.29. The second kappa shape index (κ2) is 10.8. The van der Waals surface area contributed by atoms with Crippen LogP contribution in [0.1, 0.15) is 1.43 Å². The number of hydrogen-bond acceptors (Lipinski definition) is 12. The summed E-state index contributed by atoms with van der Waals surface area (Å²) in [6.45, 7) is -1.61. The Morgan fingerprint density at radius 1 is 0.821 bits per heavy atom. The van der Waals surface area contributed by atoms with Crippen molar-refractivity contribution in [1.29, 1.82) is 0 Å². The van der Waals surface area contributed by atoms with Crippen LogP contribution in [-0.2, 0) is 23.3 Å². The van der Waals surface area contributed by atoms with Crippen LogP contribution in [0.4, 0.5) is 0 Å². The number of hydrogen-bond donors (Lipinski definition) is 9. The zero-order valence-corrected chi connectivity index (χ0v) is 17.6. The SMILES string of the molecule is O=P(O)(O)O[C@H]1[C@H](O[C@H]2[C@H](O)[C@@H](O)[C@H](O)O[C@@H]2CO)O[C@H](CO)[C@H](O)[C@@H]1O.[H-].[Na+]. The van der Waals surface area contributed by atoms with Gasteiger partial charge < -0.3 is 61.2 Å². The Morgan fingerprint density at radius 2 is 1.36 bits per heavy atom. The summed E-state index contributed by atoms with van der Waals surface area (Å²) in [4.78, 5) is 18.0. The van der Waals surface area contributed by atoms with Gasteiger partial charge in [-0.25, -0.2) is 4.57 Å². The molecule has 2 rings (SSSR count). The number of aliphatic hydroxyl groups excluding tert-OH is 7. The van der Waals surface area contributed by atoms with E-state index in [9.17, 15) is 40.3 Å². The monoisotopic (exact) mass is 446 g/mol. The third-order valence-corrected chi connectivity index (χ3v) is 4.73. The van der Waals surface area contributed by atoms with Gasteiger partial charge in [0.2, 0.25) is 0 Å². The minimum absolute atomic E-state index is 0. The van der Waals surface area contributed by atoms with Crippen LogP contribution < -0.4 is 29.6 Å². The van der Waals surface area contributed by atoms with Crippen molar-refractivity contribution in [2.75, 3.05) is 13.2 Å². The van der Waals surface area contributed by atoms with Crippen LogP contribution in [0.5, 0.6) is 0 Å². The fourth-order valence-corrected chi connectivity index (χ4v) is 3.37. The molecule has 2 saturated heterocycles. The summed E-state index contributed by atoms with van der Waals surface area (Å²) in [6, 6.07) is 0. The molecule has 16 heteroatoms. The Bertz CT molecular complexity index is 539. The van der Waals surface area contributed by atoms with Gasteiger partial charge in [0.1, 0.15) is 48.8 Å². The van der Waals surface area contributed by atoms with Gasteiger partial charge in [-0.05, 0) is 0 Å². The fraction of sp³-hybridized carbons (Fsp3) is 1.00. The normalized spacial score (nSPS) is 44.8. The predicted molar refractivity (Wildman–Crippen MR) is 80.6 cm³/mol. The molecule has 0 aliphatic carbocycles. The number of phosphoric ester groups is 1. The molecular formula is C12H24NaO14P. The van der Waals surface area contributed by atoms with Crippen molar-refractivity contribution in [3.63, 3.8) is 0 Å². The first-order valence-corrected chi connectivity index (χ1v) is 9.35. The molecule has 0 radical (unpaired) electrons. The minimum Gasteiger partial charge on any atom is -1.00 e. The first-order chi connectivity index (χ1) is 12.5. The van der Waals surface area contributed by atoms with E-state index in [1.165, 1.54) is 0 Å². The van der Waals surface area contributed by atoms with E-state index in [0.717, 1.165) is 0 Å². The number of ether oxygens (including phenoxy) is 3. The van der Waals surface area contributed by atoms with Crippen LogP contribution in [0, 0.1) is 0 Å². The topological polar surface area (TPSA) is 236 Å². The van der Waals surface area contributed by atoms with Crippen LogP contribution in [0.15, 0.2) is 0 Å². The molecule has 10 atom stereocenters. The van der Waals surface area contributed by atoms with Crippen LogP contribution in [-0.4, -0.2) is 120 Å². The van der Waals surface area contributed by atoms with Crippen molar-refractivity contribution in [1.82, 2.24) is 0 Å². The zero-order valence-electron chi connectivity index (χ0n) is 15.7. The molecule has 0 aromatic heterocycles. The molecule has 28 heavy (non-hydrogen) atoms. The summed E-state index contributed by atoms with van der Waals surface area (Å²) in [7, 11) is -5.20. The van der Waals surface area contributed by atoms with Crippen LogP contribution in [0.3, 0.4) is 0 Å². The van der Waals surface area contributed by atoms with Gasteiger partial charge in [0.15, 0.2) is 12.6 Å². The maximum Gasteiger partial charge on any atom is 1.00 e. The van der Waals surface area contributed by atoms with E-state index < -0.39 is 82.4 Å². The third kappa shape index (κ3) is 6.12. The maximum absolute atomic E-state index is 11.2. The molecule has 9 N–H and O–H groups in total. The van der Waals surface area contributed by atoms with Crippen molar-refractivity contribution in [2.45, 2.75) is 61.4 Å². The van der Waals surface area contributed by atoms with Crippen molar-refractivity contribution >= 4 is 7.82 Å². The second-order valence-electron chi connectivity index (χ2n) is 6.10. The van der Waals surface area contributed by atoms with Gasteiger partial charge in [-0.15, -0.1) is 0 Å². The van der Waals surface area contributed by atoms with E-state index in [-0.39, 0.29) is 31.0 Å². The van der Waals surface area contributed by atoms with Gasteiger partial charge in [-0.2, -0.15) is 0 Å². The molecule has 14 nitrogen and oxygen atoms in total. The minimum atomic E-state index is -5.20. The van der Waals surface area contributed by atoms with Gasteiger partial charge in [-0.1, -0.05) is 0 Å². The molecule has 0 unspecified atom stereocenters. The van der Waals surface area contributed by atoms with Gasteiger partial charge in [0, 0.05) is 0 Å². The fourth-order valence-electron chi connectivity index (χ4n) is 2.83. The maximum atomic E-state index is 11.2. The van der Waals surface area contributed by atoms with Gasteiger partial charge in [0.05, 0.1) is 13.2 Å². The average molecular weight is 446 g/mol. The van der Waals surface area contributed by atoms with E-state index in [0.29, 0.717) is 0 Å². The molecule has 162 valence electrons. The third-order valence-electron chi connectivity index (χ3n) is 4.21. The largest absolute Gasteiger partial charge is 1.00 e. The first-order valence-electron chi connectivity index (χ1n) is 7.82. The van der Waals surface area contributed by atoms with Crippen molar-refractivity contribution in [3.8, 4) is 0 Å². The quantitative estimate of drug-likeness (QED) is 0.136. The Balaban J connectivity index is 0.00000392. The van der Waals surface area contributed by atoms with Gasteiger partial charge in [0.25, 0.3) is 0 Å². The standard InChI is InChI=1S/C12H23O14P.Na.H/c13-1-3-5(15)6(16)10(26-27(20,21)22)12(24-3)25-9-4(2-14)23-11(19)8(18)7(9)17;;/h3-19H,1-2H2,(H2,20,21,22);;/q;+1;-1/t3-,4-,5+,6+,7-,8-,9-,10-,11-,12+;;/m1../s1.